The standard InChI is InChI=1S/C15H15F2NO2S/c1-15(2,3)20-14(19)13-11(18)7-12(21-13)8-4-9(16)6-10(17)5-8/h4-7H,18H2,1-3H3. The number of carbonyl (C=O) groups is 1. The topological polar surface area (TPSA) is 52.3 Å². The molecule has 0 atom stereocenters. The Bertz CT molecular complexity index is 669. The van der Waals surface area contributed by atoms with Crippen molar-refractivity contribution in [2.75, 3.05) is 5.73 Å². The first-order chi connectivity index (χ1) is 9.65. The number of ether oxygens (including phenoxy) is 1. The minimum atomic E-state index is -0.684. The molecule has 1 aromatic heterocycles. The number of thiophene rings is 1. The van der Waals surface area contributed by atoms with E-state index in [4.69, 9.17) is 10.5 Å². The quantitative estimate of drug-likeness (QED) is 0.844. The van der Waals surface area contributed by atoms with Gasteiger partial charge >= 0.3 is 5.97 Å². The molecule has 0 spiro atoms. The molecule has 21 heavy (non-hydrogen) atoms. The van der Waals surface area contributed by atoms with Gasteiger partial charge in [0.25, 0.3) is 0 Å². The van der Waals surface area contributed by atoms with Crippen molar-refractivity contribution in [2.24, 2.45) is 0 Å². The summed E-state index contributed by atoms with van der Waals surface area (Å²) in [6.07, 6.45) is 0. The number of benzene rings is 1. The molecule has 0 amide bonds. The molecule has 2 aromatic rings. The summed E-state index contributed by atoms with van der Waals surface area (Å²) in [6, 6.07) is 4.67. The van der Waals surface area contributed by atoms with Crippen LogP contribution in [0.25, 0.3) is 10.4 Å². The van der Waals surface area contributed by atoms with E-state index in [1.54, 1.807) is 20.8 Å². The number of esters is 1. The summed E-state index contributed by atoms with van der Waals surface area (Å²) < 4.78 is 31.7. The fraction of sp³-hybridized carbons (Fsp3) is 0.267. The molecule has 0 aliphatic rings. The third-order valence-corrected chi connectivity index (χ3v) is 3.67. The molecular weight excluding hydrogens is 296 g/mol. The van der Waals surface area contributed by atoms with Crippen molar-refractivity contribution in [3.05, 3.63) is 40.8 Å². The highest BCUT2D eigenvalue weighted by molar-refractivity contribution is 7.18. The smallest absolute Gasteiger partial charge is 0.350 e. The zero-order valence-corrected chi connectivity index (χ0v) is 12.7. The number of carbonyl (C=O) groups excluding carboxylic acids is 1. The molecule has 1 heterocycles. The van der Waals surface area contributed by atoms with Gasteiger partial charge in [-0.1, -0.05) is 0 Å². The van der Waals surface area contributed by atoms with Gasteiger partial charge in [0.1, 0.15) is 22.1 Å². The van der Waals surface area contributed by atoms with Crippen LogP contribution in [0.3, 0.4) is 0 Å². The normalized spacial score (nSPS) is 11.5. The van der Waals surface area contributed by atoms with Gasteiger partial charge in [0.05, 0.1) is 5.69 Å². The average Bonchev–Trinajstić information content (AvgIpc) is 2.68. The van der Waals surface area contributed by atoms with E-state index in [1.165, 1.54) is 18.2 Å². The van der Waals surface area contributed by atoms with Gasteiger partial charge in [-0.15, -0.1) is 11.3 Å². The Balaban J connectivity index is 2.37. The van der Waals surface area contributed by atoms with E-state index in [1.807, 2.05) is 0 Å². The zero-order chi connectivity index (χ0) is 15.8. The first kappa shape index (κ1) is 15.4. The molecule has 0 radical (unpaired) electrons. The molecule has 0 fully saturated rings. The summed E-state index contributed by atoms with van der Waals surface area (Å²) in [6.45, 7) is 5.24. The number of halogens is 2. The Morgan fingerprint density at radius 1 is 1.14 bits per heavy atom. The van der Waals surface area contributed by atoms with E-state index in [0.29, 0.717) is 10.4 Å². The van der Waals surface area contributed by atoms with Crippen molar-refractivity contribution in [3.63, 3.8) is 0 Å². The van der Waals surface area contributed by atoms with Gasteiger partial charge in [0, 0.05) is 10.9 Å². The average molecular weight is 311 g/mol. The van der Waals surface area contributed by atoms with Crippen LogP contribution in [0.4, 0.5) is 14.5 Å². The highest BCUT2D eigenvalue weighted by atomic mass is 32.1. The van der Waals surface area contributed by atoms with E-state index >= 15 is 0 Å². The van der Waals surface area contributed by atoms with Gasteiger partial charge < -0.3 is 10.5 Å². The number of hydrogen-bond donors (Lipinski definition) is 1. The molecule has 0 aliphatic carbocycles. The van der Waals surface area contributed by atoms with Gasteiger partial charge in [-0.05, 0) is 44.5 Å². The van der Waals surface area contributed by atoms with Gasteiger partial charge in [-0.2, -0.15) is 0 Å². The predicted molar refractivity (Wildman–Crippen MR) is 79.3 cm³/mol. The summed E-state index contributed by atoms with van der Waals surface area (Å²) in [7, 11) is 0. The summed E-state index contributed by atoms with van der Waals surface area (Å²) in [5.41, 5.74) is 5.72. The van der Waals surface area contributed by atoms with Crippen molar-refractivity contribution in [1.82, 2.24) is 0 Å². The van der Waals surface area contributed by atoms with Crippen LogP contribution in [0.15, 0.2) is 24.3 Å². The summed E-state index contributed by atoms with van der Waals surface area (Å²) in [5, 5.41) is 0. The Hall–Kier alpha value is -1.95. The predicted octanol–water partition coefficient (Wildman–Crippen LogP) is 4.23. The molecule has 0 saturated carbocycles. The van der Waals surface area contributed by atoms with Crippen LogP contribution < -0.4 is 5.73 Å². The van der Waals surface area contributed by atoms with Gasteiger partial charge in [0.2, 0.25) is 0 Å². The van der Waals surface area contributed by atoms with Crippen LogP contribution in [0.2, 0.25) is 0 Å². The third kappa shape index (κ3) is 3.78. The summed E-state index contributed by atoms with van der Waals surface area (Å²) in [5.74, 6) is -1.92. The molecule has 2 rings (SSSR count). The van der Waals surface area contributed by atoms with Crippen molar-refractivity contribution in [1.29, 1.82) is 0 Å². The Morgan fingerprint density at radius 2 is 1.71 bits per heavy atom. The number of nitrogens with two attached hydrogens (primary N) is 1. The second-order valence-electron chi connectivity index (χ2n) is 5.56. The largest absolute Gasteiger partial charge is 0.456 e. The molecule has 1 aromatic carbocycles. The maximum absolute atomic E-state index is 13.2. The van der Waals surface area contributed by atoms with Gasteiger partial charge in [-0.3, -0.25) is 0 Å². The molecule has 112 valence electrons. The molecule has 6 heteroatoms. The summed E-state index contributed by atoms with van der Waals surface area (Å²) in [4.78, 5) is 12.8. The monoisotopic (exact) mass is 311 g/mol. The molecular formula is C15H15F2NO2S. The first-order valence-corrected chi connectivity index (χ1v) is 7.06. The van der Waals surface area contributed by atoms with E-state index in [9.17, 15) is 13.6 Å². The van der Waals surface area contributed by atoms with Crippen LogP contribution in [0.1, 0.15) is 30.4 Å². The second-order valence-corrected chi connectivity index (χ2v) is 6.61. The van der Waals surface area contributed by atoms with Gasteiger partial charge in [0.15, 0.2) is 0 Å². The van der Waals surface area contributed by atoms with Crippen molar-refractivity contribution < 1.29 is 18.3 Å². The Labute approximate surface area is 125 Å². The fourth-order valence-corrected chi connectivity index (χ4v) is 2.67. The first-order valence-electron chi connectivity index (χ1n) is 6.25. The van der Waals surface area contributed by atoms with E-state index < -0.39 is 23.2 Å². The lowest BCUT2D eigenvalue weighted by atomic mass is 10.1. The molecule has 0 aliphatic heterocycles. The highest BCUT2D eigenvalue weighted by Gasteiger charge is 2.22. The Kier molecular flexibility index (Phi) is 4.00. The lowest BCUT2D eigenvalue weighted by Crippen LogP contribution is -2.23. The maximum atomic E-state index is 13.2. The number of anilines is 1. The van der Waals surface area contributed by atoms with Crippen molar-refractivity contribution >= 4 is 23.0 Å². The molecule has 0 bridgehead atoms. The van der Waals surface area contributed by atoms with Crippen LogP contribution in [-0.4, -0.2) is 11.6 Å². The maximum Gasteiger partial charge on any atom is 0.350 e. The van der Waals surface area contributed by atoms with Crippen LogP contribution in [0, 0.1) is 11.6 Å². The van der Waals surface area contributed by atoms with E-state index in [0.717, 1.165) is 17.4 Å². The second kappa shape index (κ2) is 5.44. The van der Waals surface area contributed by atoms with Crippen LogP contribution in [-0.2, 0) is 4.74 Å². The van der Waals surface area contributed by atoms with Crippen LogP contribution in [0.5, 0.6) is 0 Å². The van der Waals surface area contributed by atoms with E-state index in [2.05, 4.69) is 0 Å². The fourth-order valence-electron chi connectivity index (χ4n) is 1.73. The molecule has 0 unspecified atom stereocenters. The summed E-state index contributed by atoms with van der Waals surface area (Å²) >= 11 is 1.05. The number of rotatable bonds is 2. The lowest BCUT2D eigenvalue weighted by molar-refractivity contribution is 0.00764. The highest BCUT2D eigenvalue weighted by Crippen LogP contribution is 2.35. The molecule has 0 saturated heterocycles. The van der Waals surface area contributed by atoms with Gasteiger partial charge in [-0.25, -0.2) is 13.6 Å². The number of hydrogen-bond acceptors (Lipinski definition) is 4. The van der Waals surface area contributed by atoms with Crippen molar-refractivity contribution in [2.45, 2.75) is 26.4 Å². The Morgan fingerprint density at radius 3 is 2.24 bits per heavy atom. The van der Waals surface area contributed by atoms with Crippen LogP contribution >= 0.6 is 11.3 Å². The molecule has 2 N–H and O–H groups in total. The third-order valence-electron chi connectivity index (χ3n) is 2.49. The minimum Gasteiger partial charge on any atom is -0.456 e. The number of nitrogen functional groups attached to an aromatic ring is 1. The van der Waals surface area contributed by atoms with E-state index in [-0.39, 0.29) is 10.6 Å². The van der Waals surface area contributed by atoms with Crippen molar-refractivity contribution in [3.8, 4) is 10.4 Å². The SMILES string of the molecule is CC(C)(C)OC(=O)c1sc(-c2cc(F)cc(F)c2)cc1N. The zero-order valence-electron chi connectivity index (χ0n) is 11.9. The molecule has 3 nitrogen and oxygen atoms in total. The lowest BCUT2D eigenvalue weighted by Gasteiger charge is -2.18. The minimum absolute atomic E-state index is 0.226.